The lowest BCUT2D eigenvalue weighted by Crippen LogP contribution is -2.46. The molecule has 3 nitrogen and oxygen atoms in total. The predicted octanol–water partition coefficient (Wildman–Crippen LogP) is 0.549. The minimum atomic E-state index is -0.814. The van der Waals surface area contributed by atoms with E-state index in [4.69, 9.17) is 11.2 Å². The van der Waals surface area contributed by atoms with Crippen LogP contribution in [0.15, 0.2) is 0 Å². The van der Waals surface area contributed by atoms with Crippen molar-refractivity contribution in [1.82, 2.24) is 5.32 Å². The summed E-state index contributed by atoms with van der Waals surface area (Å²) in [7, 11) is 1.49. The summed E-state index contributed by atoms with van der Waals surface area (Å²) in [5.41, 5.74) is -0.814. The predicted molar refractivity (Wildman–Crippen MR) is 47.5 cm³/mol. The van der Waals surface area contributed by atoms with E-state index < -0.39 is 5.60 Å². The number of rotatable bonds is 3. The van der Waals surface area contributed by atoms with Gasteiger partial charge in [0.2, 0.25) is 0 Å². The third kappa shape index (κ3) is 2.93. The highest BCUT2D eigenvalue weighted by Crippen LogP contribution is 2.06. The summed E-state index contributed by atoms with van der Waals surface area (Å²) in [6.07, 6.45) is 5.10. The van der Waals surface area contributed by atoms with Gasteiger partial charge in [0, 0.05) is 7.11 Å². The normalized spacial score (nSPS) is 13.2. The number of ether oxygens (including phenoxy) is 1. The maximum Gasteiger partial charge on any atom is 0.252 e. The summed E-state index contributed by atoms with van der Waals surface area (Å²) in [6.45, 7) is 5.11. The van der Waals surface area contributed by atoms with Crippen molar-refractivity contribution in [3.8, 4) is 12.3 Å². The highest BCUT2D eigenvalue weighted by atomic mass is 16.5. The topological polar surface area (TPSA) is 38.3 Å². The largest absolute Gasteiger partial charge is 0.369 e. The molecule has 1 N–H and O–H groups in total. The molecule has 1 atom stereocenters. The van der Waals surface area contributed by atoms with Crippen molar-refractivity contribution in [2.45, 2.75) is 32.4 Å². The molecule has 0 saturated heterocycles. The molecular weight excluding hydrogens is 154 g/mol. The van der Waals surface area contributed by atoms with Gasteiger partial charge in [0.25, 0.3) is 5.91 Å². The Morgan fingerprint density at radius 3 is 2.50 bits per heavy atom. The van der Waals surface area contributed by atoms with Crippen molar-refractivity contribution >= 4 is 5.91 Å². The van der Waals surface area contributed by atoms with Gasteiger partial charge in [-0.2, -0.15) is 0 Å². The zero-order valence-corrected chi connectivity index (χ0v) is 7.97. The van der Waals surface area contributed by atoms with Crippen molar-refractivity contribution in [2.24, 2.45) is 0 Å². The van der Waals surface area contributed by atoms with E-state index in [9.17, 15) is 4.79 Å². The molecule has 0 spiro atoms. The van der Waals surface area contributed by atoms with Gasteiger partial charge in [-0.25, -0.2) is 0 Å². The lowest BCUT2D eigenvalue weighted by Gasteiger charge is -2.22. The van der Waals surface area contributed by atoms with Crippen molar-refractivity contribution in [3.63, 3.8) is 0 Å². The van der Waals surface area contributed by atoms with E-state index in [1.807, 2.05) is 0 Å². The fraction of sp³-hybridized carbons (Fsp3) is 0.667. The first-order valence-corrected chi connectivity index (χ1v) is 3.76. The second-order valence-corrected chi connectivity index (χ2v) is 3.08. The average Bonchev–Trinajstić information content (AvgIpc) is 2.04. The van der Waals surface area contributed by atoms with E-state index >= 15 is 0 Å². The maximum absolute atomic E-state index is 11.3. The quantitative estimate of drug-likeness (QED) is 0.626. The number of carbonyl (C=O) groups excluding carboxylic acids is 1. The number of amides is 1. The molecule has 0 radical (unpaired) electrons. The number of terminal acetylenes is 1. The van der Waals surface area contributed by atoms with Gasteiger partial charge in [-0.3, -0.25) is 4.79 Å². The molecule has 0 aromatic carbocycles. The van der Waals surface area contributed by atoms with Crippen LogP contribution < -0.4 is 5.32 Å². The van der Waals surface area contributed by atoms with Gasteiger partial charge in [-0.15, -0.1) is 6.42 Å². The summed E-state index contributed by atoms with van der Waals surface area (Å²) >= 11 is 0. The Kier molecular flexibility index (Phi) is 3.78. The summed E-state index contributed by atoms with van der Waals surface area (Å²) in [6, 6.07) is -0.257. The van der Waals surface area contributed by atoms with E-state index in [0.29, 0.717) is 0 Å². The van der Waals surface area contributed by atoms with Crippen LogP contribution in [0.3, 0.4) is 0 Å². The fourth-order valence-electron chi connectivity index (χ4n) is 0.505. The molecule has 12 heavy (non-hydrogen) atoms. The third-order valence-electron chi connectivity index (χ3n) is 1.65. The molecule has 0 aliphatic rings. The highest BCUT2D eigenvalue weighted by Gasteiger charge is 2.27. The highest BCUT2D eigenvalue weighted by molar-refractivity contribution is 5.84. The molecule has 0 heterocycles. The summed E-state index contributed by atoms with van der Waals surface area (Å²) in [5.74, 6) is 2.21. The minimum Gasteiger partial charge on any atom is -0.369 e. The molecule has 0 aromatic rings. The Hall–Kier alpha value is -1.01. The zero-order valence-electron chi connectivity index (χ0n) is 7.97. The average molecular weight is 169 g/mol. The second-order valence-electron chi connectivity index (χ2n) is 3.08. The van der Waals surface area contributed by atoms with Crippen LogP contribution in [0.1, 0.15) is 20.8 Å². The molecule has 1 unspecified atom stereocenters. The number of carbonyl (C=O) groups is 1. The Bertz CT molecular complexity index is 203. The van der Waals surface area contributed by atoms with Gasteiger partial charge >= 0.3 is 0 Å². The first kappa shape index (κ1) is 11.0. The van der Waals surface area contributed by atoms with Crippen LogP contribution in [0.4, 0.5) is 0 Å². The maximum atomic E-state index is 11.3. The SMILES string of the molecule is C#CC(C)NC(=O)C(C)(C)OC. The van der Waals surface area contributed by atoms with Crippen molar-refractivity contribution in [1.29, 1.82) is 0 Å². The van der Waals surface area contributed by atoms with Gasteiger partial charge in [-0.05, 0) is 20.8 Å². The van der Waals surface area contributed by atoms with E-state index in [1.165, 1.54) is 7.11 Å². The van der Waals surface area contributed by atoms with Crippen LogP contribution >= 0.6 is 0 Å². The van der Waals surface area contributed by atoms with Gasteiger partial charge in [0.15, 0.2) is 0 Å². The molecule has 68 valence electrons. The lowest BCUT2D eigenvalue weighted by atomic mass is 10.1. The van der Waals surface area contributed by atoms with Gasteiger partial charge in [0.1, 0.15) is 5.60 Å². The van der Waals surface area contributed by atoms with Crippen molar-refractivity contribution in [2.75, 3.05) is 7.11 Å². The zero-order chi connectivity index (χ0) is 9.78. The van der Waals surface area contributed by atoms with Crippen molar-refractivity contribution in [3.05, 3.63) is 0 Å². The molecule has 0 aromatic heterocycles. The van der Waals surface area contributed by atoms with E-state index in [1.54, 1.807) is 20.8 Å². The minimum absolute atomic E-state index is 0.199. The summed E-state index contributed by atoms with van der Waals surface area (Å²) in [4.78, 5) is 11.3. The monoisotopic (exact) mass is 169 g/mol. The molecule has 0 bridgehead atoms. The first-order valence-electron chi connectivity index (χ1n) is 3.76. The summed E-state index contributed by atoms with van der Waals surface area (Å²) in [5, 5.41) is 2.62. The lowest BCUT2D eigenvalue weighted by molar-refractivity contribution is -0.139. The smallest absolute Gasteiger partial charge is 0.252 e. The molecule has 3 heteroatoms. The van der Waals surface area contributed by atoms with Crippen LogP contribution in [-0.2, 0) is 9.53 Å². The van der Waals surface area contributed by atoms with E-state index in [2.05, 4.69) is 11.2 Å². The molecule has 0 rings (SSSR count). The van der Waals surface area contributed by atoms with Crippen LogP contribution in [0.25, 0.3) is 0 Å². The molecule has 0 saturated carbocycles. The number of hydrogen-bond acceptors (Lipinski definition) is 2. The second kappa shape index (κ2) is 4.13. The Labute approximate surface area is 73.5 Å². The van der Waals surface area contributed by atoms with E-state index in [0.717, 1.165) is 0 Å². The van der Waals surface area contributed by atoms with Crippen molar-refractivity contribution < 1.29 is 9.53 Å². The third-order valence-corrected chi connectivity index (χ3v) is 1.65. The van der Waals surface area contributed by atoms with Crippen LogP contribution in [0.5, 0.6) is 0 Å². The summed E-state index contributed by atoms with van der Waals surface area (Å²) < 4.78 is 4.96. The first-order chi connectivity index (χ1) is 5.44. The van der Waals surface area contributed by atoms with Crippen LogP contribution in [0.2, 0.25) is 0 Å². The molecule has 0 fully saturated rings. The van der Waals surface area contributed by atoms with E-state index in [-0.39, 0.29) is 11.9 Å². The standard InChI is InChI=1S/C9H15NO2/c1-6-7(2)10-8(11)9(3,4)12-5/h1,7H,2-5H3,(H,10,11). The number of nitrogens with one attached hydrogen (secondary N) is 1. The molecule has 1 amide bonds. The Morgan fingerprint density at radius 2 is 2.17 bits per heavy atom. The molecule has 0 aliphatic carbocycles. The molecule has 0 aliphatic heterocycles. The van der Waals surface area contributed by atoms with Crippen LogP contribution in [0, 0.1) is 12.3 Å². The fourth-order valence-corrected chi connectivity index (χ4v) is 0.505. The number of hydrogen-bond donors (Lipinski definition) is 1. The van der Waals surface area contributed by atoms with Gasteiger partial charge < -0.3 is 10.1 Å². The molecular formula is C9H15NO2. The van der Waals surface area contributed by atoms with Gasteiger partial charge in [-0.1, -0.05) is 5.92 Å². The Balaban J connectivity index is 4.15. The van der Waals surface area contributed by atoms with Gasteiger partial charge in [0.05, 0.1) is 6.04 Å². The van der Waals surface area contributed by atoms with Crippen LogP contribution in [-0.4, -0.2) is 24.7 Å². The number of methoxy groups -OCH3 is 1. The Morgan fingerprint density at radius 1 is 1.67 bits per heavy atom.